The SMILES string of the molecule is CCCC1CCN(CCNC(C)C)CC1. The van der Waals surface area contributed by atoms with E-state index in [0.29, 0.717) is 6.04 Å². The molecule has 0 saturated carbocycles. The normalized spacial score (nSPS) is 20.0. The first-order valence-electron chi connectivity index (χ1n) is 6.68. The fourth-order valence-electron chi connectivity index (χ4n) is 2.42. The highest BCUT2D eigenvalue weighted by Gasteiger charge is 2.17. The third kappa shape index (κ3) is 5.53. The second kappa shape index (κ2) is 7.24. The van der Waals surface area contributed by atoms with E-state index in [-0.39, 0.29) is 0 Å². The summed E-state index contributed by atoms with van der Waals surface area (Å²) in [6.45, 7) is 11.8. The zero-order valence-corrected chi connectivity index (χ0v) is 10.8. The van der Waals surface area contributed by atoms with Gasteiger partial charge in [0.15, 0.2) is 0 Å². The first kappa shape index (κ1) is 13.0. The van der Waals surface area contributed by atoms with Crippen molar-refractivity contribution in [3.05, 3.63) is 0 Å². The van der Waals surface area contributed by atoms with Gasteiger partial charge < -0.3 is 10.2 Å². The average Bonchev–Trinajstić information content (AvgIpc) is 2.20. The standard InChI is InChI=1S/C13H28N2/c1-4-5-13-6-9-15(10-7-13)11-8-14-12(2)3/h12-14H,4-11H2,1-3H3. The minimum absolute atomic E-state index is 0.627. The van der Waals surface area contributed by atoms with E-state index in [0.717, 1.165) is 12.5 Å². The average molecular weight is 212 g/mol. The predicted molar refractivity (Wildman–Crippen MR) is 67.2 cm³/mol. The molecule has 0 aromatic heterocycles. The molecule has 0 amide bonds. The zero-order valence-electron chi connectivity index (χ0n) is 10.8. The summed E-state index contributed by atoms with van der Waals surface area (Å²) in [5, 5.41) is 3.49. The third-order valence-corrected chi connectivity index (χ3v) is 3.38. The van der Waals surface area contributed by atoms with Gasteiger partial charge in [-0.05, 0) is 31.8 Å². The van der Waals surface area contributed by atoms with Gasteiger partial charge >= 0.3 is 0 Å². The van der Waals surface area contributed by atoms with E-state index in [4.69, 9.17) is 0 Å². The van der Waals surface area contributed by atoms with Crippen LogP contribution >= 0.6 is 0 Å². The fourth-order valence-corrected chi connectivity index (χ4v) is 2.42. The van der Waals surface area contributed by atoms with Gasteiger partial charge in [0.05, 0.1) is 0 Å². The van der Waals surface area contributed by atoms with Crippen molar-refractivity contribution in [1.29, 1.82) is 0 Å². The monoisotopic (exact) mass is 212 g/mol. The molecule has 0 bridgehead atoms. The molecule has 0 aromatic rings. The summed E-state index contributed by atoms with van der Waals surface area (Å²) >= 11 is 0. The summed E-state index contributed by atoms with van der Waals surface area (Å²) < 4.78 is 0. The summed E-state index contributed by atoms with van der Waals surface area (Å²) in [5.74, 6) is 1.02. The zero-order chi connectivity index (χ0) is 11.1. The largest absolute Gasteiger partial charge is 0.313 e. The number of nitrogens with one attached hydrogen (secondary N) is 1. The lowest BCUT2D eigenvalue weighted by atomic mass is 9.92. The van der Waals surface area contributed by atoms with Gasteiger partial charge in [-0.3, -0.25) is 0 Å². The molecule has 1 aliphatic heterocycles. The summed E-state index contributed by atoms with van der Waals surface area (Å²) in [6.07, 6.45) is 5.66. The van der Waals surface area contributed by atoms with Crippen molar-refractivity contribution in [3.63, 3.8) is 0 Å². The van der Waals surface area contributed by atoms with E-state index in [1.54, 1.807) is 0 Å². The molecule has 0 spiro atoms. The molecule has 1 fully saturated rings. The van der Waals surface area contributed by atoms with Crippen LogP contribution in [0.2, 0.25) is 0 Å². The Kier molecular flexibility index (Phi) is 6.26. The molecule has 1 N–H and O–H groups in total. The van der Waals surface area contributed by atoms with Crippen LogP contribution in [0.5, 0.6) is 0 Å². The second-order valence-electron chi connectivity index (χ2n) is 5.18. The second-order valence-corrected chi connectivity index (χ2v) is 5.18. The van der Waals surface area contributed by atoms with E-state index >= 15 is 0 Å². The molecule has 1 rings (SSSR count). The van der Waals surface area contributed by atoms with Gasteiger partial charge in [0, 0.05) is 19.1 Å². The van der Waals surface area contributed by atoms with E-state index < -0.39 is 0 Å². The number of nitrogens with zero attached hydrogens (tertiary/aromatic N) is 1. The van der Waals surface area contributed by atoms with Crippen LogP contribution in [0, 0.1) is 5.92 Å². The van der Waals surface area contributed by atoms with Crippen molar-refractivity contribution in [2.24, 2.45) is 5.92 Å². The lowest BCUT2D eigenvalue weighted by Gasteiger charge is -2.32. The molecule has 2 nitrogen and oxygen atoms in total. The van der Waals surface area contributed by atoms with E-state index in [9.17, 15) is 0 Å². The smallest absolute Gasteiger partial charge is 0.0107 e. The topological polar surface area (TPSA) is 15.3 Å². The quantitative estimate of drug-likeness (QED) is 0.728. The van der Waals surface area contributed by atoms with Crippen LogP contribution in [0.1, 0.15) is 46.5 Å². The number of hydrogen-bond acceptors (Lipinski definition) is 2. The maximum atomic E-state index is 3.49. The Labute approximate surface area is 95.4 Å². The van der Waals surface area contributed by atoms with Crippen LogP contribution in [0.4, 0.5) is 0 Å². The van der Waals surface area contributed by atoms with Gasteiger partial charge in [-0.15, -0.1) is 0 Å². The molecule has 1 saturated heterocycles. The summed E-state index contributed by atoms with van der Waals surface area (Å²) in [5.41, 5.74) is 0. The van der Waals surface area contributed by atoms with Gasteiger partial charge in [-0.1, -0.05) is 33.6 Å². The molecule has 0 atom stereocenters. The maximum absolute atomic E-state index is 3.49. The predicted octanol–water partition coefficient (Wildman–Crippen LogP) is 2.50. The van der Waals surface area contributed by atoms with Crippen LogP contribution < -0.4 is 5.32 Å². The molecule has 0 aromatic carbocycles. The molecule has 1 aliphatic rings. The highest BCUT2D eigenvalue weighted by Crippen LogP contribution is 2.21. The molecule has 15 heavy (non-hydrogen) atoms. The highest BCUT2D eigenvalue weighted by atomic mass is 15.1. The van der Waals surface area contributed by atoms with Crippen molar-refractivity contribution in [3.8, 4) is 0 Å². The van der Waals surface area contributed by atoms with Crippen molar-refractivity contribution in [2.75, 3.05) is 26.2 Å². The van der Waals surface area contributed by atoms with Gasteiger partial charge in [0.25, 0.3) is 0 Å². The number of hydrogen-bond donors (Lipinski definition) is 1. The minimum atomic E-state index is 0.627. The van der Waals surface area contributed by atoms with Gasteiger partial charge in [-0.2, -0.15) is 0 Å². The lowest BCUT2D eigenvalue weighted by molar-refractivity contribution is 0.178. The maximum Gasteiger partial charge on any atom is 0.0107 e. The first-order valence-corrected chi connectivity index (χ1v) is 6.68. The number of likely N-dealkylation sites (tertiary alicyclic amines) is 1. The summed E-state index contributed by atoms with van der Waals surface area (Å²) in [4.78, 5) is 2.61. The van der Waals surface area contributed by atoms with Crippen molar-refractivity contribution in [2.45, 2.75) is 52.5 Å². The van der Waals surface area contributed by atoms with E-state index in [1.807, 2.05) is 0 Å². The Morgan fingerprint density at radius 2 is 1.93 bits per heavy atom. The summed E-state index contributed by atoms with van der Waals surface area (Å²) in [7, 11) is 0. The fraction of sp³-hybridized carbons (Fsp3) is 1.00. The molecule has 0 unspecified atom stereocenters. The first-order chi connectivity index (χ1) is 7.22. The van der Waals surface area contributed by atoms with Gasteiger partial charge in [0.1, 0.15) is 0 Å². The van der Waals surface area contributed by atoms with Crippen LogP contribution in [-0.2, 0) is 0 Å². The molecule has 2 heteroatoms. The molecular weight excluding hydrogens is 184 g/mol. The van der Waals surface area contributed by atoms with Crippen molar-refractivity contribution < 1.29 is 0 Å². The summed E-state index contributed by atoms with van der Waals surface area (Å²) in [6, 6.07) is 0.627. The van der Waals surface area contributed by atoms with Gasteiger partial charge in [0.2, 0.25) is 0 Å². The number of rotatable bonds is 6. The Morgan fingerprint density at radius 3 is 2.47 bits per heavy atom. The van der Waals surface area contributed by atoms with Crippen molar-refractivity contribution in [1.82, 2.24) is 10.2 Å². The van der Waals surface area contributed by atoms with Gasteiger partial charge in [-0.25, -0.2) is 0 Å². The lowest BCUT2D eigenvalue weighted by Crippen LogP contribution is -2.39. The third-order valence-electron chi connectivity index (χ3n) is 3.38. The highest BCUT2D eigenvalue weighted by molar-refractivity contribution is 4.72. The van der Waals surface area contributed by atoms with Crippen LogP contribution in [0.15, 0.2) is 0 Å². The van der Waals surface area contributed by atoms with Crippen LogP contribution in [0.25, 0.3) is 0 Å². The Bertz CT molecular complexity index is 149. The Morgan fingerprint density at radius 1 is 1.27 bits per heavy atom. The molecule has 0 radical (unpaired) electrons. The Hall–Kier alpha value is -0.0800. The number of piperidine rings is 1. The van der Waals surface area contributed by atoms with E-state index in [1.165, 1.54) is 45.3 Å². The van der Waals surface area contributed by atoms with Crippen molar-refractivity contribution >= 4 is 0 Å². The van der Waals surface area contributed by atoms with Crippen LogP contribution in [-0.4, -0.2) is 37.1 Å². The Balaban J connectivity index is 2.04. The van der Waals surface area contributed by atoms with Crippen LogP contribution in [0.3, 0.4) is 0 Å². The molecular formula is C13H28N2. The minimum Gasteiger partial charge on any atom is -0.313 e. The molecule has 1 heterocycles. The van der Waals surface area contributed by atoms with E-state index in [2.05, 4.69) is 31.0 Å². The molecule has 0 aliphatic carbocycles. The molecule has 90 valence electrons.